The first-order valence-electron chi connectivity index (χ1n) is 3.49. The Hall–Kier alpha value is -0.480. The number of rotatable bonds is 1. The zero-order valence-electron chi connectivity index (χ0n) is 5.51. The molecule has 1 saturated carbocycles. The molecule has 0 radical (unpaired) electrons. The SMILES string of the molecule is C#CC(O)C1CCCC1. The largest absolute Gasteiger partial charge is 0.380 e. The summed E-state index contributed by atoms with van der Waals surface area (Å²) in [7, 11) is 0. The van der Waals surface area contributed by atoms with Gasteiger partial charge in [0.05, 0.1) is 0 Å². The Morgan fingerprint density at radius 3 is 2.44 bits per heavy atom. The van der Waals surface area contributed by atoms with Crippen LogP contribution < -0.4 is 0 Å². The Labute approximate surface area is 56.1 Å². The van der Waals surface area contributed by atoms with Crippen LogP contribution in [-0.4, -0.2) is 11.2 Å². The molecule has 0 bridgehead atoms. The molecule has 0 aromatic carbocycles. The molecule has 1 fully saturated rings. The van der Waals surface area contributed by atoms with E-state index in [1.54, 1.807) is 0 Å². The van der Waals surface area contributed by atoms with E-state index in [2.05, 4.69) is 5.92 Å². The number of aliphatic hydroxyl groups is 1. The summed E-state index contributed by atoms with van der Waals surface area (Å²) < 4.78 is 0. The average Bonchev–Trinajstić information content (AvgIpc) is 2.37. The van der Waals surface area contributed by atoms with E-state index in [1.165, 1.54) is 12.8 Å². The van der Waals surface area contributed by atoms with Gasteiger partial charge in [-0.15, -0.1) is 6.42 Å². The fraction of sp³-hybridized carbons (Fsp3) is 0.750. The number of hydrogen-bond donors (Lipinski definition) is 1. The molecule has 9 heavy (non-hydrogen) atoms. The van der Waals surface area contributed by atoms with Crippen molar-refractivity contribution in [3.8, 4) is 12.3 Å². The summed E-state index contributed by atoms with van der Waals surface area (Å²) in [6.45, 7) is 0. The maximum atomic E-state index is 9.12. The second-order valence-electron chi connectivity index (χ2n) is 2.66. The Balaban J connectivity index is 2.34. The second-order valence-corrected chi connectivity index (χ2v) is 2.66. The summed E-state index contributed by atoms with van der Waals surface area (Å²) in [6, 6.07) is 0. The zero-order valence-corrected chi connectivity index (χ0v) is 5.51. The molecular weight excluding hydrogens is 112 g/mol. The Morgan fingerprint density at radius 1 is 1.44 bits per heavy atom. The minimum absolute atomic E-state index is 0.398. The van der Waals surface area contributed by atoms with Gasteiger partial charge in [0.1, 0.15) is 6.10 Å². The van der Waals surface area contributed by atoms with Crippen molar-refractivity contribution in [3.05, 3.63) is 0 Å². The van der Waals surface area contributed by atoms with Crippen molar-refractivity contribution < 1.29 is 5.11 Å². The van der Waals surface area contributed by atoms with Crippen molar-refractivity contribution in [1.82, 2.24) is 0 Å². The van der Waals surface area contributed by atoms with Crippen LogP contribution in [0.1, 0.15) is 25.7 Å². The van der Waals surface area contributed by atoms with Gasteiger partial charge in [0.2, 0.25) is 0 Å². The monoisotopic (exact) mass is 124 g/mol. The molecule has 1 nitrogen and oxygen atoms in total. The van der Waals surface area contributed by atoms with Gasteiger partial charge in [0.25, 0.3) is 0 Å². The summed E-state index contributed by atoms with van der Waals surface area (Å²) >= 11 is 0. The lowest BCUT2D eigenvalue weighted by Gasteiger charge is -2.09. The number of hydrogen-bond acceptors (Lipinski definition) is 1. The lowest BCUT2D eigenvalue weighted by atomic mass is 10.0. The van der Waals surface area contributed by atoms with E-state index in [9.17, 15) is 0 Å². The van der Waals surface area contributed by atoms with Crippen molar-refractivity contribution in [2.45, 2.75) is 31.8 Å². The molecule has 50 valence electrons. The van der Waals surface area contributed by atoms with Gasteiger partial charge in [0.15, 0.2) is 0 Å². The third kappa shape index (κ3) is 1.46. The van der Waals surface area contributed by atoms with Crippen LogP contribution in [-0.2, 0) is 0 Å². The summed E-state index contributed by atoms with van der Waals surface area (Å²) in [4.78, 5) is 0. The first-order chi connectivity index (χ1) is 4.34. The van der Waals surface area contributed by atoms with E-state index in [-0.39, 0.29) is 0 Å². The van der Waals surface area contributed by atoms with E-state index in [0.717, 1.165) is 12.8 Å². The average molecular weight is 124 g/mol. The Morgan fingerprint density at radius 2 is 2.00 bits per heavy atom. The first kappa shape index (κ1) is 6.64. The highest BCUT2D eigenvalue weighted by Crippen LogP contribution is 2.27. The topological polar surface area (TPSA) is 20.2 Å². The van der Waals surface area contributed by atoms with Crippen molar-refractivity contribution in [3.63, 3.8) is 0 Å². The van der Waals surface area contributed by atoms with E-state index >= 15 is 0 Å². The molecule has 1 aliphatic carbocycles. The van der Waals surface area contributed by atoms with Gasteiger partial charge in [-0.1, -0.05) is 18.8 Å². The number of terminal acetylenes is 1. The summed E-state index contributed by atoms with van der Waals surface area (Å²) in [5.74, 6) is 2.76. The highest BCUT2D eigenvalue weighted by molar-refractivity contribution is 4.97. The van der Waals surface area contributed by atoms with Crippen LogP contribution in [0, 0.1) is 18.3 Å². The number of aliphatic hydroxyl groups excluding tert-OH is 1. The maximum Gasteiger partial charge on any atom is 0.117 e. The molecule has 1 N–H and O–H groups in total. The van der Waals surface area contributed by atoms with Gasteiger partial charge in [-0.2, -0.15) is 0 Å². The minimum atomic E-state index is -0.479. The van der Waals surface area contributed by atoms with Crippen molar-refractivity contribution in [2.24, 2.45) is 5.92 Å². The van der Waals surface area contributed by atoms with Crippen LogP contribution in [0.4, 0.5) is 0 Å². The summed E-state index contributed by atoms with van der Waals surface area (Å²) in [6.07, 6.45) is 9.28. The van der Waals surface area contributed by atoms with Crippen LogP contribution in [0.2, 0.25) is 0 Å². The van der Waals surface area contributed by atoms with Crippen LogP contribution in [0.15, 0.2) is 0 Å². The third-order valence-electron chi connectivity index (χ3n) is 2.02. The molecule has 1 unspecified atom stereocenters. The van der Waals surface area contributed by atoms with Crippen LogP contribution in [0.25, 0.3) is 0 Å². The van der Waals surface area contributed by atoms with E-state index < -0.39 is 6.10 Å². The van der Waals surface area contributed by atoms with Gasteiger partial charge < -0.3 is 5.11 Å². The zero-order chi connectivity index (χ0) is 6.69. The molecular formula is C8H12O. The van der Waals surface area contributed by atoms with E-state index in [1.807, 2.05) is 0 Å². The highest BCUT2D eigenvalue weighted by atomic mass is 16.3. The molecule has 1 heteroatoms. The first-order valence-corrected chi connectivity index (χ1v) is 3.49. The summed E-state index contributed by atoms with van der Waals surface area (Å²) in [5.41, 5.74) is 0. The van der Waals surface area contributed by atoms with Gasteiger partial charge in [0, 0.05) is 0 Å². The van der Waals surface area contributed by atoms with E-state index in [0.29, 0.717) is 5.92 Å². The van der Waals surface area contributed by atoms with E-state index in [4.69, 9.17) is 11.5 Å². The van der Waals surface area contributed by atoms with Crippen LogP contribution in [0.5, 0.6) is 0 Å². The van der Waals surface area contributed by atoms with Crippen LogP contribution >= 0.6 is 0 Å². The molecule has 0 aliphatic heterocycles. The summed E-state index contributed by atoms with van der Waals surface area (Å²) in [5, 5.41) is 9.12. The lowest BCUT2D eigenvalue weighted by Crippen LogP contribution is -2.14. The predicted molar refractivity (Wildman–Crippen MR) is 36.8 cm³/mol. The molecule has 1 rings (SSSR count). The van der Waals surface area contributed by atoms with Gasteiger partial charge in [-0.25, -0.2) is 0 Å². The molecule has 0 heterocycles. The van der Waals surface area contributed by atoms with Crippen LogP contribution in [0.3, 0.4) is 0 Å². The van der Waals surface area contributed by atoms with Gasteiger partial charge in [-0.3, -0.25) is 0 Å². The molecule has 1 aliphatic rings. The Bertz CT molecular complexity index is 117. The molecule has 1 atom stereocenters. The predicted octanol–water partition coefficient (Wildman–Crippen LogP) is 1.17. The molecule has 0 aromatic rings. The van der Waals surface area contributed by atoms with Gasteiger partial charge in [-0.05, 0) is 18.8 Å². The molecule has 0 amide bonds. The Kier molecular flexibility index (Phi) is 2.13. The normalized spacial score (nSPS) is 23.6. The fourth-order valence-electron chi connectivity index (χ4n) is 1.41. The standard InChI is InChI=1S/C8H12O/c1-2-8(9)7-5-3-4-6-7/h1,7-9H,3-6H2. The maximum absolute atomic E-state index is 9.12. The fourth-order valence-corrected chi connectivity index (χ4v) is 1.41. The van der Waals surface area contributed by atoms with Crippen molar-refractivity contribution in [2.75, 3.05) is 0 Å². The van der Waals surface area contributed by atoms with Gasteiger partial charge >= 0.3 is 0 Å². The minimum Gasteiger partial charge on any atom is -0.380 e. The highest BCUT2D eigenvalue weighted by Gasteiger charge is 2.20. The van der Waals surface area contributed by atoms with Crippen molar-refractivity contribution in [1.29, 1.82) is 0 Å². The third-order valence-corrected chi connectivity index (χ3v) is 2.02. The quantitative estimate of drug-likeness (QED) is 0.520. The smallest absolute Gasteiger partial charge is 0.117 e. The lowest BCUT2D eigenvalue weighted by molar-refractivity contribution is 0.165. The second kappa shape index (κ2) is 2.89. The molecule has 0 aromatic heterocycles. The molecule has 0 spiro atoms. The molecule has 0 saturated heterocycles. The van der Waals surface area contributed by atoms with Crippen molar-refractivity contribution >= 4 is 0 Å².